The van der Waals surface area contributed by atoms with Crippen LogP contribution in [0.5, 0.6) is 0 Å². The fourth-order valence-corrected chi connectivity index (χ4v) is 2.83. The van der Waals surface area contributed by atoms with E-state index in [1.807, 2.05) is 48.5 Å². The number of aromatic nitrogens is 1. The molecule has 2 aromatic carbocycles. The van der Waals surface area contributed by atoms with Gasteiger partial charge in [0.1, 0.15) is 5.52 Å². The number of carbonyl (C=O) groups is 1. The Morgan fingerprint density at radius 2 is 1.95 bits per heavy atom. The van der Waals surface area contributed by atoms with E-state index in [9.17, 15) is 4.79 Å². The van der Waals surface area contributed by atoms with Gasteiger partial charge in [-0.15, -0.1) is 0 Å². The van der Waals surface area contributed by atoms with Crippen LogP contribution in [0.1, 0.15) is 17.9 Å². The van der Waals surface area contributed by atoms with Crippen LogP contribution in [-0.4, -0.2) is 17.4 Å². The van der Waals surface area contributed by atoms with Crippen LogP contribution in [0.15, 0.2) is 52.9 Å². The molecule has 4 rings (SSSR count). The van der Waals surface area contributed by atoms with Gasteiger partial charge in [0, 0.05) is 12.2 Å². The van der Waals surface area contributed by atoms with Gasteiger partial charge in [0.2, 0.25) is 5.91 Å². The minimum absolute atomic E-state index is 0.0561. The number of fused-ring (bicyclic) bond motifs is 2. The van der Waals surface area contributed by atoms with Crippen LogP contribution >= 0.6 is 0 Å². The summed E-state index contributed by atoms with van der Waals surface area (Å²) in [6.45, 7) is 0.624. The number of hydrogen-bond donors (Lipinski definition) is 2. The van der Waals surface area contributed by atoms with E-state index in [1.165, 1.54) is 0 Å². The average molecular weight is 293 g/mol. The summed E-state index contributed by atoms with van der Waals surface area (Å²) in [7, 11) is 0. The molecule has 1 aromatic heterocycles. The molecule has 0 saturated carbocycles. The summed E-state index contributed by atoms with van der Waals surface area (Å²) in [5.41, 5.74) is 3.56. The maximum atomic E-state index is 12.0. The summed E-state index contributed by atoms with van der Waals surface area (Å²) in [4.78, 5) is 16.4. The SMILES string of the molecule is O=C1Nc2ccccc2C1CCNc1nc2ccccc2o1. The van der Waals surface area contributed by atoms with Crippen molar-refractivity contribution in [1.82, 2.24) is 4.98 Å². The van der Waals surface area contributed by atoms with E-state index in [-0.39, 0.29) is 11.8 Å². The van der Waals surface area contributed by atoms with Gasteiger partial charge in [-0.3, -0.25) is 4.79 Å². The molecule has 1 aliphatic heterocycles. The van der Waals surface area contributed by atoms with Crippen LogP contribution in [-0.2, 0) is 4.79 Å². The Labute approximate surface area is 127 Å². The summed E-state index contributed by atoms with van der Waals surface area (Å²) in [5.74, 6) is -0.0614. The van der Waals surface area contributed by atoms with Gasteiger partial charge in [0.05, 0.1) is 5.92 Å². The molecule has 5 heteroatoms. The van der Waals surface area contributed by atoms with E-state index in [0.29, 0.717) is 19.0 Å². The minimum Gasteiger partial charge on any atom is -0.424 e. The fraction of sp³-hybridized carbons (Fsp3) is 0.176. The van der Waals surface area contributed by atoms with Gasteiger partial charge < -0.3 is 15.1 Å². The molecule has 3 aromatic rings. The van der Waals surface area contributed by atoms with Gasteiger partial charge in [-0.25, -0.2) is 0 Å². The molecule has 0 radical (unpaired) electrons. The van der Waals surface area contributed by atoms with Crippen LogP contribution in [0, 0.1) is 0 Å². The van der Waals surface area contributed by atoms with E-state index < -0.39 is 0 Å². The zero-order valence-electron chi connectivity index (χ0n) is 11.9. The van der Waals surface area contributed by atoms with E-state index in [2.05, 4.69) is 15.6 Å². The first kappa shape index (κ1) is 12.9. The highest BCUT2D eigenvalue weighted by Crippen LogP contribution is 2.34. The van der Waals surface area contributed by atoms with Crippen LogP contribution < -0.4 is 10.6 Å². The second-order valence-electron chi connectivity index (χ2n) is 5.33. The number of amides is 1. The Kier molecular flexibility index (Phi) is 3.04. The van der Waals surface area contributed by atoms with Gasteiger partial charge in [0.15, 0.2) is 5.58 Å². The Hall–Kier alpha value is -2.82. The molecule has 5 nitrogen and oxygen atoms in total. The van der Waals surface area contributed by atoms with Gasteiger partial charge in [-0.1, -0.05) is 30.3 Å². The lowest BCUT2D eigenvalue weighted by Crippen LogP contribution is -2.15. The third kappa shape index (κ3) is 2.20. The number of carbonyl (C=O) groups excluding carboxylic acids is 1. The van der Waals surface area contributed by atoms with Crippen molar-refractivity contribution in [3.8, 4) is 0 Å². The zero-order valence-corrected chi connectivity index (χ0v) is 11.9. The fourth-order valence-electron chi connectivity index (χ4n) is 2.83. The number of hydrogen-bond acceptors (Lipinski definition) is 4. The lowest BCUT2D eigenvalue weighted by Gasteiger charge is -2.08. The molecule has 110 valence electrons. The molecule has 22 heavy (non-hydrogen) atoms. The summed E-state index contributed by atoms with van der Waals surface area (Å²) in [6.07, 6.45) is 0.696. The molecule has 1 aliphatic rings. The predicted octanol–water partition coefficient (Wildman–Crippen LogP) is 3.37. The summed E-state index contributed by atoms with van der Waals surface area (Å²) in [6, 6.07) is 15.9. The highest BCUT2D eigenvalue weighted by atomic mass is 16.4. The third-order valence-corrected chi connectivity index (χ3v) is 3.91. The quantitative estimate of drug-likeness (QED) is 0.774. The molecule has 0 spiro atoms. The molecule has 2 N–H and O–H groups in total. The molecule has 0 fully saturated rings. The highest BCUT2D eigenvalue weighted by Gasteiger charge is 2.29. The molecule has 1 amide bonds. The second kappa shape index (κ2) is 5.18. The van der Waals surface area contributed by atoms with Crippen molar-refractivity contribution < 1.29 is 9.21 Å². The van der Waals surface area contributed by atoms with Crippen LogP contribution in [0.4, 0.5) is 11.7 Å². The Morgan fingerprint density at radius 3 is 2.86 bits per heavy atom. The lowest BCUT2D eigenvalue weighted by molar-refractivity contribution is -0.117. The molecule has 1 atom stereocenters. The minimum atomic E-state index is -0.118. The monoisotopic (exact) mass is 293 g/mol. The zero-order chi connectivity index (χ0) is 14.9. The number of rotatable bonds is 4. The number of oxazole rings is 1. The maximum absolute atomic E-state index is 12.0. The highest BCUT2D eigenvalue weighted by molar-refractivity contribution is 6.02. The number of nitrogens with one attached hydrogen (secondary N) is 2. The van der Waals surface area contributed by atoms with E-state index in [4.69, 9.17) is 4.42 Å². The summed E-state index contributed by atoms with van der Waals surface area (Å²) >= 11 is 0. The number of benzene rings is 2. The van der Waals surface area contributed by atoms with E-state index in [0.717, 1.165) is 22.4 Å². The number of para-hydroxylation sites is 3. The molecule has 2 heterocycles. The molecular formula is C17H15N3O2. The first-order chi connectivity index (χ1) is 10.8. The molecule has 0 saturated heterocycles. The van der Waals surface area contributed by atoms with Crippen molar-refractivity contribution in [3.05, 3.63) is 54.1 Å². The Bertz CT molecular complexity index is 808. The van der Waals surface area contributed by atoms with Crippen molar-refractivity contribution in [2.24, 2.45) is 0 Å². The van der Waals surface area contributed by atoms with Crippen molar-refractivity contribution in [2.75, 3.05) is 17.2 Å². The molecule has 0 bridgehead atoms. The largest absolute Gasteiger partial charge is 0.424 e. The van der Waals surface area contributed by atoms with Crippen molar-refractivity contribution in [3.63, 3.8) is 0 Å². The van der Waals surface area contributed by atoms with Crippen molar-refractivity contribution in [1.29, 1.82) is 0 Å². The summed E-state index contributed by atoms with van der Waals surface area (Å²) in [5, 5.41) is 6.07. The van der Waals surface area contributed by atoms with Crippen molar-refractivity contribution in [2.45, 2.75) is 12.3 Å². The lowest BCUT2D eigenvalue weighted by atomic mass is 9.97. The molecule has 0 aliphatic carbocycles. The normalized spacial score (nSPS) is 16.5. The Balaban J connectivity index is 1.44. The van der Waals surface area contributed by atoms with Crippen LogP contribution in [0.3, 0.4) is 0 Å². The van der Waals surface area contributed by atoms with Gasteiger partial charge in [0.25, 0.3) is 6.01 Å². The topological polar surface area (TPSA) is 67.2 Å². The number of nitrogens with zero attached hydrogens (tertiary/aromatic N) is 1. The second-order valence-corrected chi connectivity index (χ2v) is 5.33. The molecular weight excluding hydrogens is 278 g/mol. The van der Waals surface area contributed by atoms with Crippen LogP contribution in [0.25, 0.3) is 11.1 Å². The van der Waals surface area contributed by atoms with E-state index in [1.54, 1.807) is 0 Å². The first-order valence-electron chi connectivity index (χ1n) is 7.30. The average Bonchev–Trinajstić information content (AvgIpc) is 3.08. The maximum Gasteiger partial charge on any atom is 0.295 e. The number of anilines is 2. The van der Waals surface area contributed by atoms with Crippen LogP contribution in [0.2, 0.25) is 0 Å². The van der Waals surface area contributed by atoms with Gasteiger partial charge in [-0.2, -0.15) is 4.98 Å². The van der Waals surface area contributed by atoms with Gasteiger partial charge >= 0.3 is 0 Å². The van der Waals surface area contributed by atoms with Gasteiger partial charge in [-0.05, 0) is 30.2 Å². The standard InChI is InChI=1S/C17H15N3O2/c21-16-12(11-5-1-2-6-13(11)19-16)9-10-18-17-20-14-7-3-4-8-15(14)22-17/h1-8,12H,9-10H2,(H,18,20)(H,19,21). The molecule has 1 unspecified atom stereocenters. The van der Waals surface area contributed by atoms with E-state index >= 15 is 0 Å². The van der Waals surface area contributed by atoms with Crippen molar-refractivity contribution >= 4 is 28.7 Å². The Morgan fingerprint density at radius 1 is 1.14 bits per heavy atom. The third-order valence-electron chi connectivity index (χ3n) is 3.91. The first-order valence-corrected chi connectivity index (χ1v) is 7.30. The predicted molar refractivity (Wildman–Crippen MR) is 84.9 cm³/mol. The smallest absolute Gasteiger partial charge is 0.295 e. The summed E-state index contributed by atoms with van der Waals surface area (Å²) < 4.78 is 5.61.